The van der Waals surface area contributed by atoms with Crippen LogP contribution in [0.25, 0.3) is 0 Å². The molecular formula is C10H11N3O. The first-order valence-corrected chi connectivity index (χ1v) is 4.44. The Morgan fingerprint density at radius 2 is 2.07 bits per heavy atom. The number of carbonyl (C=O) groups is 1. The zero-order valence-corrected chi connectivity index (χ0v) is 7.60. The van der Waals surface area contributed by atoms with Gasteiger partial charge in [0.2, 0.25) is 0 Å². The van der Waals surface area contributed by atoms with Crippen LogP contribution in [0.15, 0.2) is 35.3 Å². The number of nitrogens with two attached hydrogens (primary N) is 1. The van der Waals surface area contributed by atoms with E-state index in [9.17, 15) is 4.79 Å². The third kappa shape index (κ3) is 1.74. The van der Waals surface area contributed by atoms with E-state index in [4.69, 9.17) is 5.73 Å². The molecule has 1 aliphatic rings. The summed E-state index contributed by atoms with van der Waals surface area (Å²) in [5.41, 5.74) is 6.48. The van der Waals surface area contributed by atoms with Crippen LogP contribution in [0.5, 0.6) is 0 Å². The lowest BCUT2D eigenvalue weighted by Gasteiger charge is -2.03. The van der Waals surface area contributed by atoms with Crippen LogP contribution < -0.4 is 11.1 Å². The van der Waals surface area contributed by atoms with Gasteiger partial charge in [0, 0.05) is 6.42 Å². The summed E-state index contributed by atoms with van der Waals surface area (Å²) in [5.74, 6) is 0.0993. The van der Waals surface area contributed by atoms with Gasteiger partial charge in [-0.3, -0.25) is 10.1 Å². The van der Waals surface area contributed by atoms with Gasteiger partial charge in [-0.2, -0.15) is 0 Å². The molecule has 72 valence electrons. The Balaban J connectivity index is 2.09. The van der Waals surface area contributed by atoms with Crippen molar-refractivity contribution in [1.29, 1.82) is 0 Å². The van der Waals surface area contributed by atoms with Crippen LogP contribution in [0.2, 0.25) is 0 Å². The number of hydrogen-bond acceptors (Lipinski definition) is 3. The first-order valence-electron chi connectivity index (χ1n) is 4.44. The molecule has 0 radical (unpaired) electrons. The molecule has 4 nitrogen and oxygen atoms in total. The quantitative estimate of drug-likeness (QED) is 0.689. The minimum atomic E-state index is -0.364. The van der Waals surface area contributed by atoms with Crippen LogP contribution in [0.3, 0.4) is 0 Å². The topological polar surface area (TPSA) is 67.5 Å². The van der Waals surface area contributed by atoms with Crippen molar-refractivity contribution in [1.82, 2.24) is 5.32 Å². The number of carbonyl (C=O) groups excluding carboxylic acids is 1. The fourth-order valence-corrected chi connectivity index (χ4v) is 1.44. The second kappa shape index (κ2) is 3.49. The van der Waals surface area contributed by atoms with E-state index in [2.05, 4.69) is 10.3 Å². The SMILES string of the molecule is NC1=N[C@H](Cc2ccccc2)C(=O)N1. The molecule has 1 amide bonds. The number of benzene rings is 1. The van der Waals surface area contributed by atoms with Crippen LogP contribution in [0.4, 0.5) is 0 Å². The molecular weight excluding hydrogens is 178 g/mol. The molecule has 14 heavy (non-hydrogen) atoms. The van der Waals surface area contributed by atoms with Crippen LogP contribution in [-0.2, 0) is 11.2 Å². The van der Waals surface area contributed by atoms with E-state index in [1.807, 2.05) is 30.3 Å². The van der Waals surface area contributed by atoms with E-state index in [1.54, 1.807) is 0 Å². The summed E-state index contributed by atoms with van der Waals surface area (Å²) >= 11 is 0. The standard InChI is InChI=1S/C10H11N3O/c11-10-12-8(9(14)13-10)6-7-4-2-1-3-5-7/h1-5,8H,6H2,(H3,11,12,13,14)/t8-/m1/s1. The molecule has 0 unspecified atom stereocenters. The highest BCUT2D eigenvalue weighted by Crippen LogP contribution is 2.08. The second-order valence-electron chi connectivity index (χ2n) is 3.21. The first-order chi connectivity index (χ1) is 6.75. The van der Waals surface area contributed by atoms with Gasteiger partial charge in [-0.1, -0.05) is 30.3 Å². The minimum Gasteiger partial charge on any atom is -0.370 e. The molecule has 0 spiro atoms. The van der Waals surface area contributed by atoms with E-state index >= 15 is 0 Å². The van der Waals surface area contributed by atoms with Gasteiger partial charge in [0.25, 0.3) is 5.91 Å². The number of hydrogen-bond donors (Lipinski definition) is 2. The maximum absolute atomic E-state index is 11.3. The van der Waals surface area contributed by atoms with Gasteiger partial charge in [-0.15, -0.1) is 0 Å². The molecule has 1 aromatic rings. The maximum atomic E-state index is 11.3. The fraction of sp³-hybridized carbons (Fsp3) is 0.200. The number of rotatable bonds is 2. The van der Waals surface area contributed by atoms with Crippen molar-refractivity contribution in [3.05, 3.63) is 35.9 Å². The largest absolute Gasteiger partial charge is 0.370 e. The van der Waals surface area contributed by atoms with E-state index in [0.29, 0.717) is 6.42 Å². The molecule has 4 heteroatoms. The van der Waals surface area contributed by atoms with Gasteiger partial charge in [0.15, 0.2) is 5.96 Å². The fourth-order valence-electron chi connectivity index (χ4n) is 1.44. The minimum absolute atomic E-state index is 0.119. The molecule has 0 fully saturated rings. The van der Waals surface area contributed by atoms with Gasteiger partial charge >= 0.3 is 0 Å². The Bertz CT molecular complexity index is 372. The molecule has 3 N–H and O–H groups in total. The molecule has 0 saturated heterocycles. The number of guanidine groups is 1. The van der Waals surface area contributed by atoms with Gasteiger partial charge < -0.3 is 5.73 Å². The summed E-state index contributed by atoms with van der Waals surface area (Å²) in [6.45, 7) is 0. The number of aliphatic imine (C=N–C) groups is 1. The van der Waals surface area contributed by atoms with Crippen molar-refractivity contribution >= 4 is 11.9 Å². The van der Waals surface area contributed by atoms with Crippen molar-refractivity contribution in [2.24, 2.45) is 10.7 Å². The highest BCUT2D eigenvalue weighted by atomic mass is 16.2. The van der Waals surface area contributed by atoms with Crippen molar-refractivity contribution in [3.8, 4) is 0 Å². The summed E-state index contributed by atoms with van der Waals surface area (Å²) in [6.07, 6.45) is 0.605. The Labute approximate surface area is 81.8 Å². The molecule has 1 aliphatic heterocycles. The average molecular weight is 189 g/mol. The van der Waals surface area contributed by atoms with Crippen LogP contribution in [0.1, 0.15) is 5.56 Å². The highest BCUT2D eigenvalue weighted by Gasteiger charge is 2.24. The lowest BCUT2D eigenvalue weighted by Crippen LogP contribution is -2.33. The van der Waals surface area contributed by atoms with Gasteiger partial charge in [-0.25, -0.2) is 4.99 Å². The third-order valence-electron chi connectivity index (χ3n) is 2.12. The molecule has 0 bridgehead atoms. The lowest BCUT2D eigenvalue weighted by atomic mass is 10.1. The van der Waals surface area contributed by atoms with Crippen LogP contribution in [0, 0.1) is 0 Å². The van der Waals surface area contributed by atoms with Crippen molar-refractivity contribution < 1.29 is 4.79 Å². The summed E-state index contributed by atoms with van der Waals surface area (Å²) in [6, 6.07) is 9.40. The molecule has 1 atom stereocenters. The number of nitrogens with one attached hydrogen (secondary N) is 1. The predicted molar refractivity (Wildman–Crippen MR) is 53.7 cm³/mol. The van der Waals surface area contributed by atoms with Gasteiger partial charge in [0.1, 0.15) is 6.04 Å². The number of amides is 1. The van der Waals surface area contributed by atoms with E-state index < -0.39 is 0 Å². The Morgan fingerprint density at radius 1 is 1.36 bits per heavy atom. The summed E-state index contributed by atoms with van der Waals surface area (Å²) < 4.78 is 0. The van der Waals surface area contributed by atoms with E-state index in [0.717, 1.165) is 5.56 Å². The number of nitrogens with zero attached hydrogens (tertiary/aromatic N) is 1. The van der Waals surface area contributed by atoms with Gasteiger partial charge in [0.05, 0.1) is 0 Å². The highest BCUT2D eigenvalue weighted by molar-refractivity contribution is 6.04. The smallest absolute Gasteiger partial charge is 0.251 e. The second-order valence-corrected chi connectivity index (χ2v) is 3.21. The van der Waals surface area contributed by atoms with E-state index in [-0.39, 0.29) is 17.9 Å². The van der Waals surface area contributed by atoms with E-state index in [1.165, 1.54) is 0 Å². The maximum Gasteiger partial charge on any atom is 0.251 e. The predicted octanol–water partition coefficient (Wildman–Crippen LogP) is 0.0422. The third-order valence-corrected chi connectivity index (χ3v) is 2.12. The summed E-state index contributed by atoms with van der Waals surface area (Å²) in [7, 11) is 0. The molecule has 2 rings (SSSR count). The monoisotopic (exact) mass is 189 g/mol. The van der Waals surface area contributed by atoms with Gasteiger partial charge in [-0.05, 0) is 5.56 Å². The zero-order valence-electron chi connectivity index (χ0n) is 7.60. The molecule has 0 saturated carbocycles. The molecule has 1 heterocycles. The molecule has 0 aromatic heterocycles. The van der Waals surface area contributed by atoms with Crippen molar-refractivity contribution in [2.45, 2.75) is 12.5 Å². The van der Waals surface area contributed by atoms with Crippen LogP contribution in [-0.4, -0.2) is 17.9 Å². The summed E-state index contributed by atoms with van der Waals surface area (Å²) in [5, 5.41) is 2.48. The molecule has 1 aromatic carbocycles. The normalized spacial score (nSPS) is 20.4. The summed E-state index contributed by atoms with van der Waals surface area (Å²) in [4.78, 5) is 15.3. The van der Waals surface area contributed by atoms with Crippen molar-refractivity contribution in [3.63, 3.8) is 0 Å². The average Bonchev–Trinajstić information content (AvgIpc) is 2.47. The zero-order chi connectivity index (χ0) is 9.97. The molecule has 0 aliphatic carbocycles. The Hall–Kier alpha value is -1.84. The van der Waals surface area contributed by atoms with Crippen LogP contribution >= 0.6 is 0 Å². The Kier molecular flexibility index (Phi) is 2.18. The van der Waals surface area contributed by atoms with Crippen molar-refractivity contribution in [2.75, 3.05) is 0 Å². The first kappa shape index (κ1) is 8.74. The Morgan fingerprint density at radius 3 is 2.64 bits per heavy atom. The lowest BCUT2D eigenvalue weighted by molar-refractivity contribution is -0.120.